The molecule has 0 heterocycles. The predicted octanol–water partition coefficient (Wildman–Crippen LogP) is 2.90. The minimum absolute atomic E-state index is 1.01. The second-order valence-corrected chi connectivity index (χ2v) is 3.78. The van der Waals surface area contributed by atoms with Crippen LogP contribution in [-0.2, 0) is 6.54 Å². The molecule has 0 saturated heterocycles. The van der Waals surface area contributed by atoms with E-state index >= 15 is 0 Å². The average molecular weight is 228 g/mol. The molecule has 66 valence electrons. The molecule has 0 bridgehead atoms. The third-order valence-electron chi connectivity index (χ3n) is 1.94. The number of benzene rings is 1. The third-order valence-corrected chi connectivity index (χ3v) is 2.71. The Labute approximate surface area is 82.5 Å². The van der Waals surface area contributed by atoms with Crippen LogP contribution in [0.2, 0.25) is 0 Å². The minimum atomic E-state index is 1.01. The van der Waals surface area contributed by atoms with Gasteiger partial charge in [0, 0.05) is 11.0 Å². The van der Waals surface area contributed by atoms with E-state index in [-0.39, 0.29) is 0 Å². The van der Waals surface area contributed by atoms with E-state index < -0.39 is 0 Å². The predicted molar refractivity (Wildman–Crippen MR) is 56.2 cm³/mol. The lowest BCUT2D eigenvalue weighted by Crippen LogP contribution is -2.16. The molecule has 0 aromatic heterocycles. The number of hydrogen-bond donors (Lipinski definition) is 0. The summed E-state index contributed by atoms with van der Waals surface area (Å²) in [6.07, 6.45) is 0. The van der Waals surface area contributed by atoms with Gasteiger partial charge >= 0.3 is 0 Å². The SMILES string of the molecule is CCN(C)Cc1ccccc1Br. The van der Waals surface area contributed by atoms with Gasteiger partial charge in [0.1, 0.15) is 0 Å². The van der Waals surface area contributed by atoms with E-state index in [1.54, 1.807) is 0 Å². The Balaban J connectivity index is 2.69. The fourth-order valence-corrected chi connectivity index (χ4v) is 1.44. The molecule has 1 aromatic carbocycles. The highest BCUT2D eigenvalue weighted by molar-refractivity contribution is 9.10. The van der Waals surface area contributed by atoms with Crippen molar-refractivity contribution in [2.45, 2.75) is 13.5 Å². The average Bonchev–Trinajstić information content (AvgIpc) is 2.09. The minimum Gasteiger partial charge on any atom is -0.302 e. The zero-order valence-electron chi connectivity index (χ0n) is 7.55. The molecule has 0 saturated carbocycles. The highest BCUT2D eigenvalue weighted by atomic mass is 79.9. The molecule has 1 rings (SSSR count). The van der Waals surface area contributed by atoms with Crippen LogP contribution in [0.3, 0.4) is 0 Å². The molecule has 0 aliphatic carbocycles. The second kappa shape index (κ2) is 4.63. The van der Waals surface area contributed by atoms with E-state index in [0.717, 1.165) is 13.1 Å². The molecule has 0 unspecified atom stereocenters. The molecule has 0 amide bonds. The molecule has 12 heavy (non-hydrogen) atoms. The van der Waals surface area contributed by atoms with E-state index in [2.05, 4.69) is 53.0 Å². The van der Waals surface area contributed by atoms with Crippen molar-refractivity contribution < 1.29 is 0 Å². The van der Waals surface area contributed by atoms with Crippen molar-refractivity contribution >= 4 is 15.9 Å². The topological polar surface area (TPSA) is 3.24 Å². The van der Waals surface area contributed by atoms with Crippen molar-refractivity contribution in [3.05, 3.63) is 34.3 Å². The maximum atomic E-state index is 3.53. The van der Waals surface area contributed by atoms with Crippen LogP contribution in [-0.4, -0.2) is 18.5 Å². The van der Waals surface area contributed by atoms with Gasteiger partial charge in [-0.25, -0.2) is 0 Å². The van der Waals surface area contributed by atoms with Crippen molar-refractivity contribution in [1.82, 2.24) is 4.90 Å². The number of hydrogen-bond acceptors (Lipinski definition) is 1. The maximum absolute atomic E-state index is 3.53. The van der Waals surface area contributed by atoms with Crippen LogP contribution in [0, 0.1) is 0 Å². The van der Waals surface area contributed by atoms with Gasteiger partial charge in [0.2, 0.25) is 0 Å². The summed E-state index contributed by atoms with van der Waals surface area (Å²) in [7, 11) is 2.12. The van der Waals surface area contributed by atoms with Gasteiger partial charge in [-0.05, 0) is 25.2 Å². The van der Waals surface area contributed by atoms with Crippen molar-refractivity contribution in [3.8, 4) is 0 Å². The number of halogens is 1. The zero-order chi connectivity index (χ0) is 8.97. The van der Waals surface area contributed by atoms with Crippen LogP contribution < -0.4 is 0 Å². The van der Waals surface area contributed by atoms with E-state index in [9.17, 15) is 0 Å². The molecule has 0 N–H and O–H groups in total. The van der Waals surface area contributed by atoms with Gasteiger partial charge in [0.05, 0.1) is 0 Å². The second-order valence-electron chi connectivity index (χ2n) is 2.92. The summed E-state index contributed by atoms with van der Waals surface area (Å²) in [5.74, 6) is 0. The van der Waals surface area contributed by atoms with E-state index in [0.29, 0.717) is 0 Å². The first kappa shape index (κ1) is 9.75. The van der Waals surface area contributed by atoms with Gasteiger partial charge in [-0.15, -0.1) is 0 Å². The van der Waals surface area contributed by atoms with Crippen LogP contribution in [0.1, 0.15) is 12.5 Å². The van der Waals surface area contributed by atoms with E-state index in [4.69, 9.17) is 0 Å². The smallest absolute Gasteiger partial charge is 0.0241 e. The summed E-state index contributed by atoms with van der Waals surface area (Å²) in [4.78, 5) is 2.28. The molecule has 1 nitrogen and oxygen atoms in total. The summed E-state index contributed by atoms with van der Waals surface area (Å²) in [5.41, 5.74) is 1.35. The Hall–Kier alpha value is -0.340. The first-order valence-electron chi connectivity index (χ1n) is 4.16. The molecular formula is C10H14BrN. The monoisotopic (exact) mass is 227 g/mol. The highest BCUT2D eigenvalue weighted by Gasteiger charge is 2.00. The van der Waals surface area contributed by atoms with Crippen LogP contribution in [0.4, 0.5) is 0 Å². The molecule has 2 heteroatoms. The van der Waals surface area contributed by atoms with Gasteiger partial charge in [-0.2, -0.15) is 0 Å². The summed E-state index contributed by atoms with van der Waals surface area (Å²) < 4.78 is 1.20. The Bertz CT molecular complexity index is 247. The van der Waals surface area contributed by atoms with Gasteiger partial charge in [0.25, 0.3) is 0 Å². The van der Waals surface area contributed by atoms with Crippen molar-refractivity contribution in [1.29, 1.82) is 0 Å². The Morgan fingerprint density at radius 2 is 2.00 bits per heavy atom. The lowest BCUT2D eigenvalue weighted by molar-refractivity contribution is 0.345. The lowest BCUT2D eigenvalue weighted by atomic mass is 10.2. The maximum Gasteiger partial charge on any atom is 0.0241 e. The molecular weight excluding hydrogens is 214 g/mol. The molecule has 0 atom stereocenters. The van der Waals surface area contributed by atoms with Crippen molar-refractivity contribution in [2.24, 2.45) is 0 Å². The Kier molecular flexibility index (Phi) is 3.76. The molecule has 0 aliphatic rings. The van der Waals surface area contributed by atoms with E-state index in [1.165, 1.54) is 10.0 Å². The van der Waals surface area contributed by atoms with Crippen LogP contribution >= 0.6 is 15.9 Å². The summed E-state index contributed by atoms with van der Waals surface area (Å²) in [6.45, 7) is 4.26. The molecule has 0 fully saturated rings. The summed E-state index contributed by atoms with van der Waals surface area (Å²) >= 11 is 3.53. The van der Waals surface area contributed by atoms with Crippen LogP contribution in [0.25, 0.3) is 0 Å². The Morgan fingerprint density at radius 1 is 1.33 bits per heavy atom. The molecule has 1 aromatic rings. The van der Waals surface area contributed by atoms with Crippen molar-refractivity contribution in [3.63, 3.8) is 0 Å². The normalized spacial score (nSPS) is 10.7. The molecule has 0 radical (unpaired) electrons. The fraction of sp³-hybridized carbons (Fsp3) is 0.400. The number of rotatable bonds is 3. The summed E-state index contributed by atoms with van der Waals surface area (Å²) in [6, 6.07) is 8.35. The Morgan fingerprint density at radius 3 is 2.58 bits per heavy atom. The molecule has 0 spiro atoms. The highest BCUT2D eigenvalue weighted by Crippen LogP contribution is 2.16. The van der Waals surface area contributed by atoms with Gasteiger partial charge < -0.3 is 4.90 Å². The van der Waals surface area contributed by atoms with Gasteiger partial charge in [0.15, 0.2) is 0 Å². The quantitative estimate of drug-likeness (QED) is 0.768. The van der Waals surface area contributed by atoms with Crippen LogP contribution in [0.5, 0.6) is 0 Å². The third kappa shape index (κ3) is 2.61. The standard InChI is InChI=1S/C10H14BrN/c1-3-12(2)8-9-6-4-5-7-10(9)11/h4-7H,3,8H2,1-2H3. The first-order chi connectivity index (χ1) is 5.74. The van der Waals surface area contributed by atoms with Crippen molar-refractivity contribution in [2.75, 3.05) is 13.6 Å². The number of nitrogens with zero attached hydrogens (tertiary/aromatic N) is 1. The summed E-state index contributed by atoms with van der Waals surface area (Å²) in [5, 5.41) is 0. The van der Waals surface area contributed by atoms with Gasteiger partial charge in [-0.1, -0.05) is 41.1 Å². The molecule has 0 aliphatic heterocycles. The lowest BCUT2D eigenvalue weighted by Gasteiger charge is -2.14. The zero-order valence-corrected chi connectivity index (χ0v) is 9.13. The largest absolute Gasteiger partial charge is 0.302 e. The van der Waals surface area contributed by atoms with Gasteiger partial charge in [-0.3, -0.25) is 0 Å². The van der Waals surface area contributed by atoms with E-state index in [1.807, 2.05) is 6.07 Å². The fourth-order valence-electron chi connectivity index (χ4n) is 1.03. The van der Waals surface area contributed by atoms with Crippen LogP contribution in [0.15, 0.2) is 28.7 Å². The first-order valence-corrected chi connectivity index (χ1v) is 4.95.